The molecule has 0 radical (unpaired) electrons. The summed E-state index contributed by atoms with van der Waals surface area (Å²) in [7, 11) is -4.75. The van der Waals surface area contributed by atoms with Gasteiger partial charge in [0.05, 0.1) is 13.2 Å². The van der Waals surface area contributed by atoms with Gasteiger partial charge in [0.2, 0.25) is 5.91 Å². The molecule has 0 aromatic heterocycles. The lowest BCUT2D eigenvalue weighted by Gasteiger charge is -2.18. The smallest absolute Gasteiger partial charge is 0.472 e. The lowest BCUT2D eigenvalue weighted by molar-refractivity contribution is -0.147. The van der Waals surface area contributed by atoms with Crippen LogP contribution in [-0.2, 0) is 32.7 Å². The van der Waals surface area contributed by atoms with Gasteiger partial charge in [-0.3, -0.25) is 18.6 Å². The summed E-state index contributed by atoms with van der Waals surface area (Å²) in [6.07, 6.45) is 38.7. The van der Waals surface area contributed by atoms with Gasteiger partial charge in [0.15, 0.2) is 6.04 Å². The number of amides is 1. The van der Waals surface area contributed by atoms with E-state index in [4.69, 9.17) is 9.26 Å². The number of ether oxygens (including phenoxy) is 1. The molecule has 0 saturated carbocycles. The first-order chi connectivity index (χ1) is 24.1. The molecule has 0 aliphatic heterocycles. The highest BCUT2D eigenvalue weighted by atomic mass is 31.2. The fourth-order valence-electron chi connectivity index (χ4n) is 3.95. The first-order valence-electron chi connectivity index (χ1n) is 17.6. The van der Waals surface area contributed by atoms with E-state index in [0.29, 0.717) is 19.3 Å². The van der Waals surface area contributed by atoms with Gasteiger partial charge < -0.3 is 25.2 Å². The number of carboxylic acid groups (broad SMARTS) is 1. The van der Waals surface area contributed by atoms with Gasteiger partial charge in [0.1, 0.15) is 12.7 Å². The molecule has 0 bridgehead atoms. The van der Waals surface area contributed by atoms with Crippen LogP contribution in [0.3, 0.4) is 0 Å². The van der Waals surface area contributed by atoms with Crippen molar-refractivity contribution >= 4 is 25.7 Å². The summed E-state index contributed by atoms with van der Waals surface area (Å²) < 4.78 is 26.3. The van der Waals surface area contributed by atoms with Crippen LogP contribution in [0, 0.1) is 0 Å². The molecule has 3 unspecified atom stereocenters. The SMILES string of the molecule is CC/C=C\C/C=C\C/C=C\C/C=C\C/C=C\C/C=C\C/C=C\CCCC(=O)NC(COP(=O)(O)OCC(O)COC(=O)CCCCC)C(=O)O. The maximum atomic E-state index is 12.2. The molecule has 0 rings (SSSR count). The van der Waals surface area contributed by atoms with E-state index in [9.17, 15) is 34.1 Å². The average molecular weight is 722 g/mol. The zero-order chi connectivity index (χ0) is 37.1. The summed E-state index contributed by atoms with van der Waals surface area (Å²) in [5.41, 5.74) is 0. The minimum Gasteiger partial charge on any atom is -0.480 e. The normalized spacial score (nSPS) is 15.0. The number of unbranched alkanes of at least 4 members (excludes halogenated alkanes) is 3. The minimum absolute atomic E-state index is 0.0602. The van der Waals surface area contributed by atoms with Crippen molar-refractivity contribution in [2.24, 2.45) is 0 Å². The van der Waals surface area contributed by atoms with Crippen molar-refractivity contribution in [2.45, 2.75) is 116 Å². The van der Waals surface area contributed by atoms with Crippen LogP contribution in [0.4, 0.5) is 0 Å². The van der Waals surface area contributed by atoms with E-state index in [0.717, 1.165) is 57.8 Å². The number of aliphatic hydroxyl groups is 1. The topological polar surface area (TPSA) is 169 Å². The zero-order valence-corrected chi connectivity index (χ0v) is 30.8. The molecule has 0 spiro atoms. The van der Waals surface area contributed by atoms with Gasteiger partial charge in [-0.05, 0) is 64.2 Å². The summed E-state index contributed by atoms with van der Waals surface area (Å²) in [4.78, 5) is 45.1. The van der Waals surface area contributed by atoms with Crippen molar-refractivity contribution in [3.8, 4) is 0 Å². The molecule has 4 N–H and O–H groups in total. The lowest BCUT2D eigenvalue weighted by Crippen LogP contribution is -2.43. The number of phosphoric acid groups is 1. The van der Waals surface area contributed by atoms with Crippen LogP contribution in [0.25, 0.3) is 0 Å². The summed E-state index contributed by atoms with van der Waals surface area (Å²) in [5, 5.41) is 21.5. The number of allylic oxidation sites excluding steroid dienone is 14. The maximum absolute atomic E-state index is 12.2. The number of phosphoric ester groups is 1. The van der Waals surface area contributed by atoms with Crippen LogP contribution in [0.15, 0.2) is 85.1 Å². The Morgan fingerprint density at radius 3 is 1.62 bits per heavy atom. The third-order valence-electron chi connectivity index (χ3n) is 6.70. The molecule has 282 valence electrons. The van der Waals surface area contributed by atoms with Crippen molar-refractivity contribution in [1.82, 2.24) is 5.32 Å². The van der Waals surface area contributed by atoms with Crippen LogP contribution in [0.1, 0.15) is 104 Å². The van der Waals surface area contributed by atoms with E-state index in [2.05, 4.69) is 89.7 Å². The van der Waals surface area contributed by atoms with Gasteiger partial charge >= 0.3 is 19.8 Å². The Labute approximate surface area is 299 Å². The van der Waals surface area contributed by atoms with E-state index < -0.39 is 57.6 Å². The van der Waals surface area contributed by atoms with Gasteiger partial charge in [0, 0.05) is 12.8 Å². The largest absolute Gasteiger partial charge is 0.480 e. The fourth-order valence-corrected chi connectivity index (χ4v) is 4.72. The first kappa shape index (κ1) is 46.7. The molecular formula is C38H60NO10P. The maximum Gasteiger partial charge on any atom is 0.472 e. The number of carboxylic acids is 1. The van der Waals surface area contributed by atoms with E-state index in [1.807, 2.05) is 19.1 Å². The molecule has 50 heavy (non-hydrogen) atoms. The average Bonchev–Trinajstić information content (AvgIpc) is 3.08. The van der Waals surface area contributed by atoms with Crippen molar-refractivity contribution in [3.63, 3.8) is 0 Å². The van der Waals surface area contributed by atoms with Gasteiger partial charge in [-0.25, -0.2) is 9.36 Å². The van der Waals surface area contributed by atoms with Crippen LogP contribution in [0.2, 0.25) is 0 Å². The van der Waals surface area contributed by atoms with Gasteiger partial charge in [0.25, 0.3) is 0 Å². The molecule has 0 heterocycles. The summed E-state index contributed by atoms with van der Waals surface area (Å²) in [5.74, 6) is -2.50. The monoisotopic (exact) mass is 721 g/mol. The quantitative estimate of drug-likeness (QED) is 0.0238. The number of hydrogen-bond acceptors (Lipinski definition) is 8. The van der Waals surface area contributed by atoms with Gasteiger partial charge in [-0.2, -0.15) is 0 Å². The molecule has 0 aliphatic carbocycles. The number of aliphatic hydroxyl groups excluding tert-OH is 1. The molecule has 0 aromatic rings. The van der Waals surface area contributed by atoms with Crippen molar-refractivity contribution in [2.75, 3.05) is 19.8 Å². The second-order valence-corrected chi connectivity index (χ2v) is 12.8. The van der Waals surface area contributed by atoms with Crippen molar-refractivity contribution in [3.05, 3.63) is 85.1 Å². The fraction of sp³-hybridized carbons (Fsp3) is 0.553. The molecule has 11 nitrogen and oxygen atoms in total. The molecule has 0 aliphatic rings. The Hall–Kier alpha value is -3.34. The van der Waals surface area contributed by atoms with Crippen LogP contribution < -0.4 is 5.32 Å². The third-order valence-corrected chi connectivity index (χ3v) is 7.65. The first-order valence-corrected chi connectivity index (χ1v) is 19.1. The molecule has 0 aromatic carbocycles. The Kier molecular flexibility index (Phi) is 30.6. The number of carbonyl (C=O) groups excluding carboxylic acids is 2. The Morgan fingerprint density at radius 1 is 0.660 bits per heavy atom. The highest BCUT2D eigenvalue weighted by molar-refractivity contribution is 7.47. The molecule has 1 amide bonds. The number of carbonyl (C=O) groups is 3. The highest BCUT2D eigenvalue weighted by Gasteiger charge is 2.28. The number of nitrogens with one attached hydrogen (secondary N) is 1. The van der Waals surface area contributed by atoms with E-state index in [-0.39, 0.29) is 12.8 Å². The standard InChI is InChI=1S/C38H60NO10P/c1-3-5-7-8-9-10-11-12-13-14-15-16-17-18-19-20-21-22-23-24-25-26-28-29-36(41)39-35(38(43)44)33-49-50(45,46)48-32-34(40)31-47-37(42)30-27-6-4-2/h5,7,9-10,12-13,15-16,18-19,21-22,24-25,34-35,40H,3-4,6,8,11,14,17,20,23,26-33H2,1-2H3,(H,39,41)(H,43,44)(H,45,46)/b7-5-,10-9-,13-12-,16-15-,19-18-,22-21-,25-24-. The second kappa shape index (κ2) is 32.8. The second-order valence-electron chi connectivity index (χ2n) is 11.3. The number of aliphatic carboxylic acids is 1. The molecule has 3 atom stereocenters. The Balaban J connectivity index is 4.08. The van der Waals surface area contributed by atoms with Gasteiger partial charge in [-0.15, -0.1) is 0 Å². The lowest BCUT2D eigenvalue weighted by atomic mass is 10.2. The molecule has 0 fully saturated rings. The van der Waals surface area contributed by atoms with Crippen LogP contribution >= 0.6 is 7.82 Å². The summed E-state index contributed by atoms with van der Waals surface area (Å²) in [6.45, 7) is 2.17. The Bertz CT molecular complexity index is 1170. The number of rotatable bonds is 31. The predicted molar refractivity (Wildman–Crippen MR) is 198 cm³/mol. The molecule has 0 saturated heterocycles. The van der Waals surface area contributed by atoms with E-state index in [1.165, 1.54) is 0 Å². The Morgan fingerprint density at radius 2 is 1.14 bits per heavy atom. The third kappa shape index (κ3) is 31.9. The number of hydrogen-bond donors (Lipinski definition) is 4. The molecular weight excluding hydrogens is 661 g/mol. The van der Waals surface area contributed by atoms with E-state index >= 15 is 0 Å². The van der Waals surface area contributed by atoms with Crippen molar-refractivity contribution in [1.29, 1.82) is 0 Å². The summed E-state index contributed by atoms with van der Waals surface area (Å²) >= 11 is 0. The van der Waals surface area contributed by atoms with Crippen molar-refractivity contribution < 1.29 is 47.8 Å². The minimum atomic E-state index is -4.75. The zero-order valence-electron chi connectivity index (χ0n) is 29.9. The predicted octanol–water partition coefficient (Wildman–Crippen LogP) is 7.99. The number of esters is 1. The van der Waals surface area contributed by atoms with Crippen LogP contribution in [0.5, 0.6) is 0 Å². The van der Waals surface area contributed by atoms with Gasteiger partial charge in [-0.1, -0.05) is 112 Å². The summed E-state index contributed by atoms with van der Waals surface area (Å²) in [6, 6.07) is -1.58. The highest BCUT2D eigenvalue weighted by Crippen LogP contribution is 2.43. The van der Waals surface area contributed by atoms with Crippen LogP contribution in [-0.4, -0.2) is 64.9 Å². The van der Waals surface area contributed by atoms with E-state index in [1.54, 1.807) is 0 Å². The molecule has 12 heteroatoms.